The molecule has 0 heterocycles. The van der Waals surface area contributed by atoms with Crippen LogP contribution in [-0.4, -0.2) is 45.9 Å². The number of nitrogens with one attached hydrogen (secondary N) is 1. The Bertz CT molecular complexity index is 727. The van der Waals surface area contributed by atoms with Crippen LogP contribution in [0.3, 0.4) is 0 Å². The third-order valence-electron chi connectivity index (χ3n) is 10.7. The lowest BCUT2D eigenvalue weighted by molar-refractivity contribution is -0.174. The molecule has 182 valence electrons. The van der Waals surface area contributed by atoms with Crippen LogP contribution in [0.15, 0.2) is 0 Å². The Kier molecular flexibility index (Phi) is 6.68. The number of aliphatic hydroxyl groups excluding tert-OH is 2. The molecule has 4 rings (SSSR count). The molecular weight excluding hydrogens is 406 g/mol. The smallest absolute Gasteiger partial charge is 0.322 e. The second-order valence-corrected chi connectivity index (χ2v) is 12.1. The van der Waals surface area contributed by atoms with Crippen LogP contribution in [0.2, 0.25) is 0 Å². The summed E-state index contributed by atoms with van der Waals surface area (Å²) in [5.41, 5.74) is 0.451. The molecule has 0 spiro atoms. The topological polar surface area (TPSA) is 107 Å². The van der Waals surface area contributed by atoms with Gasteiger partial charge in [0.25, 0.3) is 0 Å². The maximum Gasteiger partial charge on any atom is 0.322 e. The Morgan fingerprint density at radius 1 is 1.00 bits per heavy atom. The van der Waals surface area contributed by atoms with Gasteiger partial charge in [-0.25, -0.2) is 0 Å². The molecule has 0 aromatic rings. The molecule has 10 atom stereocenters. The molecule has 0 radical (unpaired) electrons. The largest absolute Gasteiger partial charge is 0.480 e. The summed E-state index contributed by atoms with van der Waals surface area (Å²) in [6.45, 7) is 6.83. The molecule has 4 saturated carbocycles. The summed E-state index contributed by atoms with van der Waals surface area (Å²) in [5, 5.41) is 32.8. The van der Waals surface area contributed by atoms with Crippen molar-refractivity contribution in [2.75, 3.05) is 6.54 Å². The number of fused-ring (bicyclic) bond motifs is 5. The number of aliphatic hydroxyl groups is 2. The first-order valence-corrected chi connectivity index (χ1v) is 12.9. The van der Waals surface area contributed by atoms with Gasteiger partial charge in [0.05, 0.1) is 12.2 Å². The number of carboxylic acids is 1. The summed E-state index contributed by atoms with van der Waals surface area (Å²) in [6, 6.07) is 0. The SMILES string of the molecule is C[C@H](CCC(=O)NCC(=O)O)[C@H]1CC[C@@H]2[C@@H]3[C@@H](O)C[C@@H]4C[C@H](O)CC[C@]4(C)[C@H]3CC[C@@]21C. The van der Waals surface area contributed by atoms with Crippen molar-refractivity contribution in [1.29, 1.82) is 0 Å². The third-order valence-corrected chi connectivity index (χ3v) is 10.7. The van der Waals surface area contributed by atoms with Crippen molar-refractivity contribution in [1.82, 2.24) is 5.32 Å². The predicted octanol–water partition coefficient (Wildman–Crippen LogP) is 3.59. The van der Waals surface area contributed by atoms with Crippen LogP contribution in [0.4, 0.5) is 0 Å². The molecule has 0 aromatic heterocycles. The van der Waals surface area contributed by atoms with Gasteiger partial charge in [0, 0.05) is 6.42 Å². The normalized spacial score (nSPS) is 46.5. The Hall–Kier alpha value is -1.14. The van der Waals surface area contributed by atoms with E-state index in [0.29, 0.717) is 41.9 Å². The first-order valence-electron chi connectivity index (χ1n) is 12.9. The second-order valence-electron chi connectivity index (χ2n) is 12.1. The van der Waals surface area contributed by atoms with Gasteiger partial charge in [-0.15, -0.1) is 0 Å². The lowest BCUT2D eigenvalue weighted by atomic mass is 9.43. The molecular formula is C26H43NO5. The van der Waals surface area contributed by atoms with Gasteiger partial charge in [0.2, 0.25) is 5.91 Å². The van der Waals surface area contributed by atoms with Gasteiger partial charge >= 0.3 is 5.97 Å². The van der Waals surface area contributed by atoms with Crippen LogP contribution in [0, 0.1) is 46.3 Å². The lowest BCUT2D eigenvalue weighted by Crippen LogP contribution is -2.58. The van der Waals surface area contributed by atoms with Crippen LogP contribution < -0.4 is 5.32 Å². The summed E-state index contributed by atoms with van der Waals surface area (Å²) in [4.78, 5) is 22.7. The lowest BCUT2D eigenvalue weighted by Gasteiger charge is -2.62. The van der Waals surface area contributed by atoms with Crippen molar-refractivity contribution in [3.05, 3.63) is 0 Å². The number of amides is 1. The fourth-order valence-corrected chi connectivity index (χ4v) is 9.00. The first kappa shape index (κ1) is 24.0. The van der Waals surface area contributed by atoms with Crippen molar-refractivity contribution in [3.63, 3.8) is 0 Å². The van der Waals surface area contributed by atoms with E-state index < -0.39 is 5.97 Å². The fraction of sp³-hybridized carbons (Fsp3) is 0.923. The molecule has 1 amide bonds. The standard InChI is InChI=1S/C26H43NO5/c1-15(4-7-22(30)27-14-23(31)32)18-5-6-19-24-20(9-11-26(18,19)3)25(2)10-8-17(28)12-16(25)13-21(24)29/h15-21,24,28-29H,4-14H2,1-3H3,(H,27,30)(H,31,32)/t15-,16+,17-,18-,19-,20+,21+,24+,25+,26-/m1/s1. The number of aliphatic carboxylic acids is 1. The Morgan fingerprint density at radius 3 is 2.41 bits per heavy atom. The summed E-state index contributed by atoms with van der Waals surface area (Å²) >= 11 is 0. The molecule has 0 aromatic carbocycles. The number of rotatable bonds is 6. The molecule has 6 heteroatoms. The third kappa shape index (κ3) is 4.11. The molecule has 4 N–H and O–H groups in total. The maximum absolute atomic E-state index is 12.0. The average molecular weight is 450 g/mol. The number of carboxylic acid groups (broad SMARTS) is 1. The maximum atomic E-state index is 12.0. The van der Waals surface area contributed by atoms with E-state index in [4.69, 9.17) is 5.11 Å². The molecule has 4 fully saturated rings. The summed E-state index contributed by atoms with van der Waals surface area (Å²) in [5.74, 6) is 1.66. The van der Waals surface area contributed by atoms with Crippen LogP contribution in [0.1, 0.15) is 85.0 Å². The van der Waals surface area contributed by atoms with Crippen molar-refractivity contribution in [3.8, 4) is 0 Å². The highest BCUT2D eigenvalue weighted by atomic mass is 16.4. The highest BCUT2D eigenvalue weighted by Crippen LogP contribution is 2.68. The van der Waals surface area contributed by atoms with Gasteiger partial charge in [0.15, 0.2) is 0 Å². The summed E-state index contributed by atoms with van der Waals surface area (Å²) in [6.07, 6.45) is 9.06. The molecule has 0 saturated heterocycles. The van der Waals surface area contributed by atoms with Gasteiger partial charge in [-0.1, -0.05) is 20.8 Å². The number of carbonyl (C=O) groups excluding carboxylic acids is 1. The van der Waals surface area contributed by atoms with E-state index in [0.717, 1.165) is 44.9 Å². The van der Waals surface area contributed by atoms with Gasteiger partial charge in [0.1, 0.15) is 6.54 Å². The van der Waals surface area contributed by atoms with Crippen molar-refractivity contribution in [2.24, 2.45) is 46.3 Å². The van der Waals surface area contributed by atoms with Gasteiger partial charge < -0.3 is 20.6 Å². The van der Waals surface area contributed by atoms with E-state index in [-0.39, 0.29) is 35.5 Å². The minimum atomic E-state index is -1.01. The van der Waals surface area contributed by atoms with E-state index in [2.05, 4.69) is 26.1 Å². The van der Waals surface area contributed by atoms with Crippen molar-refractivity contribution in [2.45, 2.75) is 97.2 Å². The molecule has 0 unspecified atom stereocenters. The predicted molar refractivity (Wildman–Crippen MR) is 122 cm³/mol. The summed E-state index contributed by atoms with van der Waals surface area (Å²) in [7, 11) is 0. The quantitative estimate of drug-likeness (QED) is 0.496. The van der Waals surface area contributed by atoms with E-state index in [1.165, 1.54) is 12.8 Å². The van der Waals surface area contributed by atoms with Gasteiger partial charge in [-0.3, -0.25) is 9.59 Å². The minimum absolute atomic E-state index is 0.177. The number of carbonyl (C=O) groups is 2. The highest BCUT2D eigenvalue weighted by Gasteiger charge is 2.62. The molecule has 32 heavy (non-hydrogen) atoms. The van der Waals surface area contributed by atoms with Crippen LogP contribution in [0.25, 0.3) is 0 Å². The zero-order valence-electron chi connectivity index (χ0n) is 20.1. The van der Waals surface area contributed by atoms with Gasteiger partial charge in [-0.2, -0.15) is 0 Å². The van der Waals surface area contributed by atoms with Crippen molar-refractivity contribution >= 4 is 11.9 Å². The van der Waals surface area contributed by atoms with E-state index in [1.54, 1.807) is 0 Å². The zero-order chi connectivity index (χ0) is 23.3. The molecule has 0 aliphatic heterocycles. The monoisotopic (exact) mass is 449 g/mol. The highest BCUT2D eigenvalue weighted by molar-refractivity contribution is 5.81. The van der Waals surface area contributed by atoms with E-state index in [9.17, 15) is 19.8 Å². The van der Waals surface area contributed by atoms with Crippen LogP contribution in [-0.2, 0) is 9.59 Å². The first-order chi connectivity index (χ1) is 15.1. The molecule has 6 nitrogen and oxygen atoms in total. The fourth-order valence-electron chi connectivity index (χ4n) is 9.00. The summed E-state index contributed by atoms with van der Waals surface area (Å²) < 4.78 is 0. The van der Waals surface area contributed by atoms with Crippen LogP contribution in [0.5, 0.6) is 0 Å². The van der Waals surface area contributed by atoms with Gasteiger partial charge in [-0.05, 0) is 104 Å². The van der Waals surface area contributed by atoms with Crippen molar-refractivity contribution < 1.29 is 24.9 Å². The van der Waals surface area contributed by atoms with E-state index in [1.807, 2.05) is 0 Å². The average Bonchev–Trinajstić information content (AvgIpc) is 3.09. The Morgan fingerprint density at radius 2 is 1.69 bits per heavy atom. The molecule has 4 aliphatic rings. The zero-order valence-corrected chi connectivity index (χ0v) is 20.1. The Labute approximate surface area is 192 Å². The number of hydrogen-bond donors (Lipinski definition) is 4. The minimum Gasteiger partial charge on any atom is -0.480 e. The Balaban J connectivity index is 1.44. The second kappa shape index (κ2) is 8.90. The molecule has 4 aliphatic carbocycles. The van der Waals surface area contributed by atoms with Crippen LogP contribution >= 0.6 is 0 Å². The molecule has 0 bridgehead atoms. The van der Waals surface area contributed by atoms with E-state index >= 15 is 0 Å². The number of hydrogen-bond acceptors (Lipinski definition) is 4.